The summed E-state index contributed by atoms with van der Waals surface area (Å²) in [6.07, 6.45) is 3.06. The second-order valence-electron chi connectivity index (χ2n) is 16.4. The van der Waals surface area contributed by atoms with Crippen molar-refractivity contribution in [3.8, 4) is 22.5 Å². The van der Waals surface area contributed by atoms with Crippen molar-refractivity contribution in [3.63, 3.8) is 0 Å². The molecule has 336 valence electrons. The SMILES string of the molecule is C.CC(Cc1ccccc1)[C@@H](O)CN(Cc1ccc(-c2ccccn2)cc1)NC(=O)OC(C)(C)C.Cl.NC(Cc1ccccc1)[C@@H](O)CN(N)Cc1ccc(-c2ccccn2)cc1. The predicted molar refractivity (Wildman–Crippen MR) is 257 cm³/mol. The fraction of sp³-hybridized carbons (Fsp3) is 0.314. The van der Waals surface area contributed by atoms with Gasteiger partial charge >= 0.3 is 6.09 Å². The average molecular weight is 877 g/mol. The number of hydrazine groups is 2. The molecular formula is C51H66ClN7O4. The van der Waals surface area contributed by atoms with Gasteiger partial charge in [0.05, 0.1) is 23.6 Å². The van der Waals surface area contributed by atoms with E-state index >= 15 is 0 Å². The number of aromatic nitrogens is 2. The van der Waals surface area contributed by atoms with E-state index in [9.17, 15) is 15.0 Å². The van der Waals surface area contributed by atoms with Gasteiger partial charge in [-0.1, -0.05) is 136 Å². The van der Waals surface area contributed by atoms with Crippen LogP contribution in [0.4, 0.5) is 4.79 Å². The number of benzene rings is 4. The molecule has 2 unspecified atom stereocenters. The second kappa shape index (κ2) is 26.2. The van der Waals surface area contributed by atoms with Gasteiger partial charge in [-0.15, -0.1) is 12.4 Å². The summed E-state index contributed by atoms with van der Waals surface area (Å²) < 4.78 is 5.44. The van der Waals surface area contributed by atoms with Crippen LogP contribution in [0.15, 0.2) is 158 Å². The van der Waals surface area contributed by atoms with E-state index in [0.717, 1.165) is 45.6 Å². The Morgan fingerprint density at radius 2 is 1.11 bits per heavy atom. The minimum absolute atomic E-state index is 0. The Kier molecular flexibility index (Phi) is 21.6. The summed E-state index contributed by atoms with van der Waals surface area (Å²) >= 11 is 0. The molecule has 4 aromatic carbocycles. The molecule has 2 heterocycles. The number of aliphatic hydroxyl groups is 2. The first-order chi connectivity index (χ1) is 29.3. The van der Waals surface area contributed by atoms with Crippen molar-refractivity contribution in [2.75, 3.05) is 13.1 Å². The number of rotatable bonds is 17. The van der Waals surface area contributed by atoms with E-state index in [1.165, 1.54) is 5.56 Å². The number of nitrogens with two attached hydrogens (primary N) is 2. The van der Waals surface area contributed by atoms with Crippen LogP contribution in [0, 0.1) is 5.92 Å². The number of hydrogen-bond acceptors (Lipinski definition) is 10. The molecule has 1 amide bonds. The predicted octanol–water partition coefficient (Wildman–Crippen LogP) is 8.64. The molecule has 12 heteroatoms. The molecule has 6 aromatic rings. The number of nitrogens with one attached hydrogen (secondary N) is 1. The van der Waals surface area contributed by atoms with Gasteiger partial charge in [-0.25, -0.2) is 14.8 Å². The molecule has 7 N–H and O–H groups in total. The van der Waals surface area contributed by atoms with Gasteiger partial charge in [-0.05, 0) is 86.1 Å². The van der Waals surface area contributed by atoms with Crippen molar-refractivity contribution in [2.24, 2.45) is 17.5 Å². The molecule has 0 bridgehead atoms. The normalized spacial score (nSPS) is 13.0. The van der Waals surface area contributed by atoms with Crippen LogP contribution < -0.4 is 17.0 Å². The fourth-order valence-electron chi connectivity index (χ4n) is 6.65. The number of carbonyl (C=O) groups is 1. The number of amides is 1. The molecule has 0 radical (unpaired) electrons. The second-order valence-corrected chi connectivity index (χ2v) is 16.4. The lowest BCUT2D eigenvalue weighted by molar-refractivity contribution is 0.0120. The quantitative estimate of drug-likeness (QED) is 0.0443. The molecule has 0 aliphatic carbocycles. The van der Waals surface area contributed by atoms with Gasteiger partial charge in [0, 0.05) is 55.7 Å². The van der Waals surface area contributed by atoms with Gasteiger partial charge in [0.15, 0.2) is 0 Å². The van der Waals surface area contributed by atoms with Crippen LogP contribution in [0.1, 0.15) is 57.4 Å². The van der Waals surface area contributed by atoms with Crippen molar-refractivity contribution in [1.82, 2.24) is 25.4 Å². The monoisotopic (exact) mass is 875 g/mol. The molecule has 6 rings (SSSR count). The zero-order valence-corrected chi connectivity index (χ0v) is 36.9. The van der Waals surface area contributed by atoms with Crippen LogP contribution in [-0.2, 0) is 30.7 Å². The van der Waals surface area contributed by atoms with Gasteiger partial charge in [0.25, 0.3) is 0 Å². The number of pyridine rings is 2. The topological polar surface area (TPSA) is 163 Å². The standard InChI is InChI=1S/C28H35N3O3.C22H26N4O.CH4.ClH/c1-21(18-22-10-6-5-7-11-22)26(32)20-31(30-27(33)34-28(2,3)4)19-23-13-15-24(16-14-23)25-12-8-9-17-29-25;23-20(14-17-6-2-1-3-7-17)22(27)16-26(24)15-18-9-11-19(12-10-18)21-8-4-5-13-25-21;;/h5-17,21,26,32H,18-20H2,1-4H3,(H,30,33);1-13,20,22,27H,14-16,23-24H2;1H4;1H/t21?,26-;20?,22-;;/m00../s1. The van der Waals surface area contributed by atoms with Crippen LogP contribution in [-0.4, -0.2) is 73.2 Å². The first kappa shape index (κ1) is 51.8. The molecule has 0 saturated heterocycles. The highest BCUT2D eigenvalue weighted by molar-refractivity contribution is 5.85. The summed E-state index contributed by atoms with van der Waals surface area (Å²) in [6, 6.07) is 47.5. The van der Waals surface area contributed by atoms with E-state index in [1.54, 1.807) is 22.4 Å². The lowest BCUT2D eigenvalue weighted by atomic mass is 9.95. The van der Waals surface area contributed by atoms with E-state index in [4.69, 9.17) is 16.3 Å². The minimum Gasteiger partial charge on any atom is -0.443 e. The number of hydrogen-bond donors (Lipinski definition) is 5. The minimum atomic E-state index is -0.692. The van der Waals surface area contributed by atoms with Gasteiger partial charge in [0.1, 0.15) is 5.60 Å². The van der Waals surface area contributed by atoms with Crippen molar-refractivity contribution < 1.29 is 19.7 Å². The molecule has 0 aliphatic heterocycles. The van der Waals surface area contributed by atoms with Gasteiger partial charge in [-0.2, -0.15) is 0 Å². The molecule has 0 spiro atoms. The summed E-state index contributed by atoms with van der Waals surface area (Å²) in [5.74, 6) is 6.10. The van der Waals surface area contributed by atoms with Crippen LogP contribution in [0.3, 0.4) is 0 Å². The van der Waals surface area contributed by atoms with E-state index in [2.05, 4.69) is 27.5 Å². The maximum Gasteiger partial charge on any atom is 0.422 e. The van der Waals surface area contributed by atoms with E-state index in [0.29, 0.717) is 26.1 Å². The third kappa shape index (κ3) is 18.4. The smallest absolute Gasteiger partial charge is 0.422 e. The van der Waals surface area contributed by atoms with E-state index < -0.39 is 23.9 Å². The summed E-state index contributed by atoms with van der Waals surface area (Å²) in [7, 11) is 0. The number of ether oxygens (including phenoxy) is 1. The summed E-state index contributed by atoms with van der Waals surface area (Å²) in [5.41, 5.74) is 16.6. The summed E-state index contributed by atoms with van der Waals surface area (Å²) in [6.45, 7) is 9.04. The van der Waals surface area contributed by atoms with Crippen LogP contribution in [0.2, 0.25) is 0 Å². The third-order valence-electron chi connectivity index (χ3n) is 9.93. The first-order valence-electron chi connectivity index (χ1n) is 20.8. The number of carbonyl (C=O) groups excluding carboxylic acids is 1. The lowest BCUT2D eigenvalue weighted by Crippen LogP contribution is -2.48. The molecule has 0 saturated carbocycles. The molecular weight excluding hydrogens is 810 g/mol. The van der Waals surface area contributed by atoms with Crippen molar-refractivity contribution in [3.05, 3.63) is 180 Å². The van der Waals surface area contributed by atoms with E-state index in [-0.39, 0.29) is 38.3 Å². The highest BCUT2D eigenvalue weighted by atomic mass is 35.5. The van der Waals surface area contributed by atoms with Crippen molar-refractivity contribution in [2.45, 2.75) is 84.9 Å². The lowest BCUT2D eigenvalue weighted by Gasteiger charge is -2.29. The van der Waals surface area contributed by atoms with Gasteiger partial charge in [-0.3, -0.25) is 21.2 Å². The Bertz CT molecular complexity index is 2150. The van der Waals surface area contributed by atoms with Gasteiger partial charge < -0.3 is 20.7 Å². The number of halogens is 1. The Hall–Kier alpha value is -5.50. The van der Waals surface area contributed by atoms with Crippen molar-refractivity contribution in [1.29, 1.82) is 0 Å². The third-order valence-corrected chi connectivity index (χ3v) is 9.93. The Balaban J connectivity index is 0.000000333. The Morgan fingerprint density at radius 3 is 1.57 bits per heavy atom. The zero-order valence-electron chi connectivity index (χ0n) is 36.1. The molecule has 0 fully saturated rings. The highest BCUT2D eigenvalue weighted by Gasteiger charge is 2.23. The Morgan fingerprint density at radius 1 is 0.651 bits per heavy atom. The molecule has 2 aromatic heterocycles. The first-order valence-corrected chi connectivity index (χ1v) is 20.8. The number of nitrogens with zero attached hydrogens (tertiary/aromatic N) is 4. The summed E-state index contributed by atoms with van der Waals surface area (Å²) in [5, 5.41) is 24.6. The molecule has 4 atom stereocenters. The van der Waals surface area contributed by atoms with Crippen molar-refractivity contribution >= 4 is 18.5 Å². The zero-order chi connectivity index (χ0) is 43.6. The largest absolute Gasteiger partial charge is 0.443 e. The summed E-state index contributed by atoms with van der Waals surface area (Å²) in [4.78, 5) is 21.2. The Labute approximate surface area is 380 Å². The molecule has 63 heavy (non-hydrogen) atoms. The van der Waals surface area contributed by atoms with Gasteiger partial charge in [0.2, 0.25) is 0 Å². The van der Waals surface area contributed by atoms with Crippen LogP contribution in [0.5, 0.6) is 0 Å². The maximum absolute atomic E-state index is 12.5. The van der Waals surface area contributed by atoms with Crippen LogP contribution >= 0.6 is 12.4 Å². The molecule has 11 nitrogen and oxygen atoms in total. The fourth-order valence-corrected chi connectivity index (χ4v) is 6.65. The van der Waals surface area contributed by atoms with E-state index in [1.807, 2.05) is 161 Å². The maximum atomic E-state index is 12.5. The molecule has 0 aliphatic rings. The number of aliphatic hydroxyl groups excluding tert-OH is 2. The average Bonchev–Trinajstić information content (AvgIpc) is 3.25. The highest BCUT2D eigenvalue weighted by Crippen LogP contribution is 2.20. The van der Waals surface area contributed by atoms with Crippen LogP contribution in [0.25, 0.3) is 22.5 Å².